The molecule has 1 saturated heterocycles. The molecule has 0 atom stereocenters. The van der Waals surface area contributed by atoms with Gasteiger partial charge in [0.15, 0.2) is 0 Å². The van der Waals surface area contributed by atoms with Crippen LogP contribution in [0.15, 0.2) is 36.5 Å². The van der Waals surface area contributed by atoms with E-state index in [1.807, 2.05) is 0 Å². The summed E-state index contributed by atoms with van der Waals surface area (Å²) < 4.78 is 84.4. The van der Waals surface area contributed by atoms with E-state index in [1.54, 1.807) is 27.7 Å². The van der Waals surface area contributed by atoms with Gasteiger partial charge in [-0.15, -0.1) is 0 Å². The van der Waals surface area contributed by atoms with Crippen LogP contribution in [0.5, 0.6) is 0 Å². The molecule has 1 aliphatic rings. The fourth-order valence-corrected chi connectivity index (χ4v) is 1.90. The zero-order chi connectivity index (χ0) is 23.0. The van der Waals surface area contributed by atoms with E-state index >= 15 is 0 Å². The van der Waals surface area contributed by atoms with Gasteiger partial charge in [-0.25, -0.2) is 4.68 Å². The average Bonchev–Trinajstić information content (AvgIpc) is 2.98. The molecule has 0 amide bonds. The van der Waals surface area contributed by atoms with Gasteiger partial charge in [0.25, 0.3) is 0 Å². The molecule has 1 aliphatic heterocycles. The molecule has 0 saturated carbocycles. The largest absolute Gasteiger partial charge is 0.498 e. The van der Waals surface area contributed by atoms with Crippen molar-refractivity contribution < 1.29 is 21.6 Å². The summed E-state index contributed by atoms with van der Waals surface area (Å²) in [4.78, 5) is 0. The van der Waals surface area contributed by atoms with Crippen molar-refractivity contribution in [3.8, 4) is 5.69 Å². The minimum Gasteiger partial charge on any atom is -0.399 e. The normalized spacial score (nSPS) is 26.7. The summed E-state index contributed by atoms with van der Waals surface area (Å²) in [5.74, 6) is 0. The van der Waals surface area contributed by atoms with Crippen LogP contribution < -0.4 is 5.46 Å². The lowest BCUT2D eigenvalue weighted by Crippen LogP contribution is -2.41. The molecule has 0 aliphatic carbocycles. The van der Waals surface area contributed by atoms with Gasteiger partial charge in [-0.05, 0) is 46.2 Å². The van der Waals surface area contributed by atoms with E-state index in [0.717, 1.165) is 4.68 Å². The standard InChI is InChI=1S/C16H21BN2O2/c1-12-8-6-7-9-14(12)19-11-13(10-18-19)17-20-15(2,3)16(4,5)21-17/h6-11H,1-5H3/i1D3,6D,7D,8D,9D,10D,11D. The lowest BCUT2D eigenvalue weighted by atomic mass is 9.82. The van der Waals surface area contributed by atoms with Crippen LogP contribution >= 0.6 is 0 Å². The third-order valence-corrected chi connectivity index (χ3v) is 3.87. The average molecular weight is 293 g/mol. The monoisotopic (exact) mass is 293 g/mol. The maximum Gasteiger partial charge on any atom is 0.498 e. The fraction of sp³-hybridized carbons (Fsp3) is 0.438. The van der Waals surface area contributed by atoms with Crippen molar-refractivity contribution in [2.45, 2.75) is 45.7 Å². The van der Waals surface area contributed by atoms with Gasteiger partial charge in [0.2, 0.25) is 0 Å². The minimum atomic E-state index is -2.91. The van der Waals surface area contributed by atoms with Crippen LogP contribution in [0.2, 0.25) is 0 Å². The van der Waals surface area contributed by atoms with Gasteiger partial charge in [-0.2, -0.15) is 5.10 Å². The predicted octanol–water partition coefficient (Wildman–Crippen LogP) is 2.48. The van der Waals surface area contributed by atoms with Crippen molar-refractivity contribution in [3.63, 3.8) is 0 Å². The Balaban J connectivity index is 2.27. The van der Waals surface area contributed by atoms with E-state index in [1.165, 1.54) is 0 Å². The first-order valence-electron chi connectivity index (χ1n) is 11.0. The van der Waals surface area contributed by atoms with Crippen molar-refractivity contribution in [3.05, 3.63) is 42.1 Å². The molecule has 0 bridgehead atoms. The van der Waals surface area contributed by atoms with Crippen molar-refractivity contribution in [1.82, 2.24) is 9.78 Å². The molecule has 2 aromatic rings. The Labute approximate surface area is 138 Å². The van der Waals surface area contributed by atoms with Crippen molar-refractivity contribution in [2.75, 3.05) is 0 Å². The first kappa shape index (κ1) is 7.12. The smallest absolute Gasteiger partial charge is 0.399 e. The quantitative estimate of drug-likeness (QED) is 0.798. The van der Waals surface area contributed by atoms with Crippen molar-refractivity contribution in [1.29, 1.82) is 0 Å². The van der Waals surface area contributed by atoms with Crippen LogP contribution in [0, 0.1) is 6.85 Å². The molecule has 5 heteroatoms. The lowest BCUT2D eigenvalue weighted by molar-refractivity contribution is 0.00578. The van der Waals surface area contributed by atoms with Gasteiger partial charge in [-0.3, -0.25) is 0 Å². The van der Waals surface area contributed by atoms with E-state index in [0.29, 0.717) is 0 Å². The fourth-order valence-electron chi connectivity index (χ4n) is 1.90. The first-order valence-corrected chi connectivity index (χ1v) is 6.54. The molecule has 4 nitrogen and oxygen atoms in total. The molecule has 1 aromatic carbocycles. The molecule has 2 heterocycles. The Kier molecular flexibility index (Phi) is 1.60. The number of hydrogen-bond acceptors (Lipinski definition) is 3. The summed E-state index contributed by atoms with van der Waals surface area (Å²) in [5, 5.41) is 3.91. The second-order valence-electron chi connectivity index (χ2n) is 5.86. The molecule has 0 unspecified atom stereocenters. The highest BCUT2D eigenvalue weighted by atomic mass is 16.7. The molecule has 21 heavy (non-hydrogen) atoms. The number of nitrogens with zero attached hydrogens (tertiary/aromatic N) is 2. The van der Waals surface area contributed by atoms with Crippen LogP contribution in [0.3, 0.4) is 0 Å². The van der Waals surface area contributed by atoms with E-state index < -0.39 is 72.9 Å². The van der Waals surface area contributed by atoms with Crippen LogP contribution in [0.25, 0.3) is 5.69 Å². The van der Waals surface area contributed by atoms with E-state index in [4.69, 9.17) is 21.6 Å². The third kappa shape index (κ3) is 2.41. The van der Waals surface area contributed by atoms with Gasteiger partial charge in [-0.1, -0.05) is 18.1 Å². The number of benzene rings is 1. The van der Waals surface area contributed by atoms with Crippen molar-refractivity contribution in [2.24, 2.45) is 0 Å². The first-order chi connectivity index (χ1) is 13.5. The van der Waals surface area contributed by atoms with E-state index in [9.17, 15) is 0 Å². The van der Waals surface area contributed by atoms with Gasteiger partial charge in [0.05, 0.1) is 25.1 Å². The molecule has 1 fully saturated rings. The summed E-state index contributed by atoms with van der Waals surface area (Å²) in [5.41, 5.74) is -2.73. The summed E-state index contributed by atoms with van der Waals surface area (Å²) in [6, 6.07) is -2.78. The maximum absolute atomic E-state index is 8.51. The summed E-state index contributed by atoms with van der Waals surface area (Å²) in [6.45, 7) is 4.28. The van der Waals surface area contributed by atoms with Crippen LogP contribution in [0.1, 0.15) is 45.6 Å². The third-order valence-electron chi connectivity index (χ3n) is 3.87. The highest BCUT2D eigenvalue weighted by Crippen LogP contribution is 2.36. The summed E-state index contributed by atoms with van der Waals surface area (Å²) in [7, 11) is -1.12. The maximum atomic E-state index is 8.51. The molecule has 110 valence electrons. The second-order valence-corrected chi connectivity index (χ2v) is 5.86. The number of aromatic nitrogens is 2. The molecular formula is C16H21BN2O2. The van der Waals surface area contributed by atoms with Gasteiger partial charge in [0.1, 0.15) is 0 Å². The van der Waals surface area contributed by atoms with Crippen LogP contribution in [-0.2, 0) is 9.31 Å². The Hall–Kier alpha value is -1.59. The Morgan fingerprint density at radius 3 is 2.52 bits per heavy atom. The van der Waals surface area contributed by atoms with Gasteiger partial charge < -0.3 is 9.31 Å². The summed E-state index contributed by atoms with van der Waals surface area (Å²) in [6.07, 6.45) is -0.864. The van der Waals surface area contributed by atoms with E-state index in [-0.39, 0.29) is 5.46 Å². The Morgan fingerprint density at radius 2 is 1.86 bits per heavy atom. The molecule has 0 radical (unpaired) electrons. The lowest BCUT2D eigenvalue weighted by Gasteiger charge is -2.32. The Morgan fingerprint density at radius 1 is 1.19 bits per heavy atom. The van der Waals surface area contributed by atoms with Gasteiger partial charge in [0, 0.05) is 21.9 Å². The zero-order valence-electron chi connectivity index (χ0n) is 21.3. The Bertz CT molecular complexity index is 1020. The highest BCUT2D eigenvalue weighted by Gasteiger charge is 2.52. The number of rotatable bonds is 2. The predicted molar refractivity (Wildman–Crippen MR) is 84.0 cm³/mol. The molecule has 3 rings (SSSR count). The van der Waals surface area contributed by atoms with Gasteiger partial charge >= 0.3 is 7.12 Å². The SMILES string of the molecule is [2H]c1nn(-c2c([2H])c([2H])c([2H])c([2H])c2C([2H])([2H])[2H])c([2H])c1B1OC(C)(C)C(C)(C)O1. The van der Waals surface area contributed by atoms with Crippen molar-refractivity contribution >= 4 is 12.6 Å². The number of para-hydroxylation sites is 1. The summed E-state index contributed by atoms with van der Waals surface area (Å²) >= 11 is 0. The molecule has 1 aromatic heterocycles. The second kappa shape index (κ2) is 4.72. The van der Waals surface area contributed by atoms with E-state index in [2.05, 4.69) is 5.10 Å². The highest BCUT2D eigenvalue weighted by molar-refractivity contribution is 6.62. The molecule has 0 spiro atoms. The number of hydrogen-bond donors (Lipinski definition) is 0. The molecule has 0 N–H and O–H groups in total. The topological polar surface area (TPSA) is 36.3 Å². The minimum absolute atomic E-state index is 0.0578. The van der Waals surface area contributed by atoms with Crippen LogP contribution in [-0.4, -0.2) is 28.1 Å². The van der Waals surface area contributed by atoms with Crippen LogP contribution in [0.4, 0.5) is 0 Å². The zero-order valence-corrected chi connectivity index (χ0v) is 12.3. The molecular weight excluding hydrogens is 263 g/mol.